The molecule has 0 fully saturated rings. The number of hydrogen-bond acceptors (Lipinski definition) is 3. The highest BCUT2D eigenvalue weighted by molar-refractivity contribution is 9.11. The molecule has 0 aliphatic carbocycles. The Hall–Kier alpha value is -0.910. The topological polar surface area (TPSA) is 42.0 Å². The van der Waals surface area contributed by atoms with Gasteiger partial charge in [0, 0.05) is 16.8 Å². The molecule has 0 radical (unpaired) electrons. The van der Waals surface area contributed by atoms with Crippen molar-refractivity contribution in [3.63, 3.8) is 0 Å². The van der Waals surface area contributed by atoms with E-state index in [-0.39, 0.29) is 5.91 Å². The number of aromatic nitrogens is 1. The highest BCUT2D eigenvalue weighted by Gasteiger charge is 2.11. The molecule has 1 N–H and O–H groups in total. The second kappa shape index (κ2) is 5.82. The summed E-state index contributed by atoms with van der Waals surface area (Å²) in [4.78, 5) is 17.1. The molecule has 0 atom stereocenters. The van der Waals surface area contributed by atoms with Crippen molar-refractivity contribution in [3.8, 4) is 0 Å². The summed E-state index contributed by atoms with van der Waals surface area (Å²) in [6.45, 7) is 2.32. The van der Waals surface area contributed by atoms with Gasteiger partial charge in [-0.25, -0.2) is 0 Å². The fourth-order valence-electron chi connectivity index (χ4n) is 1.40. The maximum absolute atomic E-state index is 11.9. The molecule has 2 rings (SSSR count). The number of rotatable bonds is 3. The first-order valence-electron chi connectivity index (χ1n) is 5.21. The minimum Gasteiger partial charge on any atom is -0.347 e. The molecule has 0 aliphatic heterocycles. The monoisotopic (exact) mass is 344 g/mol. The first kappa shape index (κ1) is 13.5. The van der Waals surface area contributed by atoms with Crippen molar-refractivity contribution in [2.45, 2.75) is 13.5 Å². The van der Waals surface area contributed by atoms with Gasteiger partial charge >= 0.3 is 0 Å². The molecule has 3 nitrogen and oxygen atoms in total. The third-order valence-corrected chi connectivity index (χ3v) is 4.22. The second-order valence-electron chi connectivity index (χ2n) is 3.69. The number of nitrogens with zero attached hydrogens (tertiary/aromatic N) is 1. The van der Waals surface area contributed by atoms with Crippen LogP contribution in [-0.4, -0.2) is 10.9 Å². The van der Waals surface area contributed by atoms with Gasteiger partial charge < -0.3 is 5.32 Å². The summed E-state index contributed by atoms with van der Waals surface area (Å²) in [6.07, 6.45) is 1.50. The van der Waals surface area contributed by atoms with Crippen LogP contribution in [-0.2, 0) is 6.54 Å². The summed E-state index contributed by atoms with van der Waals surface area (Å²) in [7, 11) is 0. The van der Waals surface area contributed by atoms with E-state index in [0.717, 1.165) is 14.4 Å². The van der Waals surface area contributed by atoms with Crippen LogP contribution in [0.1, 0.15) is 20.9 Å². The lowest BCUT2D eigenvalue weighted by Crippen LogP contribution is -2.22. The van der Waals surface area contributed by atoms with E-state index in [1.165, 1.54) is 6.20 Å². The van der Waals surface area contributed by atoms with E-state index in [1.807, 2.05) is 19.1 Å². The Morgan fingerprint density at radius 3 is 2.94 bits per heavy atom. The number of halogens is 2. The molecule has 2 aromatic heterocycles. The molecule has 0 aliphatic rings. The van der Waals surface area contributed by atoms with Crippen molar-refractivity contribution in [2.75, 3.05) is 0 Å². The zero-order chi connectivity index (χ0) is 13.1. The molecule has 1 amide bonds. The van der Waals surface area contributed by atoms with E-state index in [1.54, 1.807) is 17.4 Å². The van der Waals surface area contributed by atoms with Gasteiger partial charge in [-0.15, -0.1) is 11.3 Å². The largest absolute Gasteiger partial charge is 0.347 e. The van der Waals surface area contributed by atoms with E-state index in [2.05, 4.69) is 26.2 Å². The Bertz CT molecular complexity index is 585. The molecule has 0 spiro atoms. The summed E-state index contributed by atoms with van der Waals surface area (Å²) in [5.41, 5.74) is 1.19. The van der Waals surface area contributed by atoms with Crippen LogP contribution in [0, 0.1) is 6.92 Å². The molecule has 0 unspecified atom stereocenters. The Morgan fingerprint density at radius 2 is 2.33 bits per heavy atom. The van der Waals surface area contributed by atoms with Crippen molar-refractivity contribution < 1.29 is 4.79 Å². The Labute approximate surface area is 122 Å². The Balaban J connectivity index is 2.03. The highest BCUT2D eigenvalue weighted by Crippen LogP contribution is 2.22. The Morgan fingerprint density at radius 1 is 1.56 bits per heavy atom. The summed E-state index contributed by atoms with van der Waals surface area (Å²) < 4.78 is 1.04. The fraction of sp³-hybridized carbons (Fsp3) is 0.167. The quantitative estimate of drug-likeness (QED) is 0.919. The van der Waals surface area contributed by atoms with Crippen molar-refractivity contribution in [1.29, 1.82) is 0 Å². The predicted octanol–water partition coefficient (Wildman–Crippen LogP) is 3.80. The van der Waals surface area contributed by atoms with Gasteiger partial charge in [-0.3, -0.25) is 9.78 Å². The first-order chi connectivity index (χ1) is 8.56. The van der Waals surface area contributed by atoms with Crippen molar-refractivity contribution >= 4 is 44.8 Å². The maximum atomic E-state index is 11.9. The van der Waals surface area contributed by atoms with Crippen molar-refractivity contribution in [3.05, 3.63) is 49.3 Å². The van der Waals surface area contributed by atoms with Crippen LogP contribution in [0.2, 0.25) is 5.02 Å². The molecule has 94 valence electrons. The average Bonchev–Trinajstić information content (AvgIpc) is 2.72. The van der Waals surface area contributed by atoms with E-state index < -0.39 is 0 Å². The third kappa shape index (κ3) is 3.31. The Kier molecular flexibility index (Phi) is 4.37. The number of hydrogen-bond donors (Lipinski definition) is 1. The minimum atomic E-state index is -0.211. The molecular formula is C12H10BrClN2OS. The molecule has 6 heteroatoms. The molecule has 2 heterocycles. The number of aryl methyl sites for hydroxylation is 1. The van der Waals surface area contributed by atoms with Gasteiger partial charge in [-0.1, -0.05) is 11.6 Å². The first-order valence-corrected chi connectivity index (χ1v) is 7.19. The summed E-state index contributed by atoms with van der Waals surface area (Å²) in [5, 5.41) is 3.24. The van der Waals surface area contributed by atoms with Crippen LogP contribution in [0.3, 0.4) is 0 Å². The van der Waals surface area contributed by atoms with Gasteiger partial charge in [0.25, 0.3) is 5.91 Å². The van der Waals surface area contributed by atoms with E-state index >= 15 is 0 Å². The van der Waals surface area contributed by atoms with Gasteiger partial charge in [-0.05, 0) is 41.1 Å². The SMILES string of the molecule is Cc1cc(Cl)c(C(=O)NCc2ccc(Br)s2)cn1. The minimum absolute atomic E-state index is 0.211. The van der Waals surface area contributed by atoms with Crippen LogP contribution >= 0.6 is 38.9 Å². The van der Waals surface area contributed by atoms with Gasteiger partial charge in [0.1, 0.15) is 0 Å². The van der Waals surface area contributed by atoms with E-state index in [0.29, 0.717) is 17.1 Å². The number of pyridine rings is 1. The predicted molar refractivity (Wildman–Crippen MR) is 77.2 cm³/mol. The number of carbonyl (C=O) groups is 1. The molecule has 2 aromatic rings. The number of amides is 1. The number of nitrogens with one attached hydrogen (secondary N) is 1. The smallest absolute Gasteiger partial charge is 0.254 e. The maximum Gasteiger partial charge on any atom is 0.254 e. The van der Waals surface area contributed by atoms with Crippen LogP contribution in [0.4, 0.5) is 0 Å². The third-order valence-electron chi connectivity index (χ3n) is 2.29. The number of thiophene rings is 1. The summed E-state index contributed by atoms with van der Waals surface area (Å²) in [5.74, 6) is -0.211. The summed E-state index contributed by atoms with van der Waals surface area (Å²) >= 11 is 11.0. The lowest BCUT2D eigenvalue weighted by Gasteiger charge is -2.05. The molecule has 18 heavy (non-hydrogen) atoms. The normalized spacial score (nSPS) is 10.4. The fourth-order valence-corrected chi connectivity index (χ4v) is 3.12. The molecule has 0 saturated carbocycles. The van der Waals surface area contributed by atoms with Gasteiger partial charge in [0.2, 0.25) is 0 Å². The lowest BCUT2D eigenvalue weighted by atomic mass is 10.2. The zero-order valence-electron chi connectivity index (χ0n) is 9.54. The molecular weight excluding hydrogens is 336 g/mol. The van der Waals surface area contributed by atoms with Gasteiger partial charge in [-0.2, -0.15) is 0 Å². The van der Waals surface area contributed by atoms with Crippen LogP contribution in [0.5, 0.6) is 0 Å². The number of carbonyl (C=O) groups excluding carboxylic acids is 1. The molecule has 0 aromatic carbocycles. The van der Waals surface area contributed by atoms with Gasteiger partial charge in [0.15, 0.2) is 0 Å². The molecule has 0 saturated heterocycles. The van der Waals surface area contributed by atoms with Crippen molar-refractivity contribution in [1.82, 2.24) is 10.3 Å². The van der Waals surface area contributed by atoms with Crippen LogP contribution in [0.25, 0.3) is 0 Å². The van der Waals surface area contributed by atoms with Crippen molar-refractivity contribution in [2.24, 2.45) is 0 Å². The second-order valence-corrected chi connectivity index (χ2v) is 6.65. The standard InChI is InChI=1S/C12H10BrClN2OS/c1-7-4-10(14)9(6-15-7)12(17)16-5-8-2-3-11(13)18-8/h2-4,6H,5H2,1H3,(H,16,17). The summed E-state index contributed by atoms with van der Waals surface area (Å²) in [6, 6.07) is 5.59. The molecule has 0 bridgehead atoms. The van der Waals surface area contributed by atoms with E-state index in [4.69, 9.17) is 11.6 Å². The van der Waals surface area contributed by atoms with Crippen LogP contribution in [0.15, 0.2) is 28.2 Å². The average molecular weight is 346 g/mol. The van der Waals surface area contributed by atoms with E-state index in [9.17, 15) is 4.79 Å². The zero-order valence-corrected chi connectivity index (χ0v) is 12.7. The highest BCUT2D eigenvalue weighted by atomic mass is 79.9. The van der Waals surface area contributed by atoms with Crippen LogP contribution < -0.4 is 5.32 Å². The van der Waals surface area contributed by atoms with Gasteiger partial charge in [0.05, 0.1) is 20.9 Å². The lowest BCUT2D eigenvalue weighted by molar-refractivity contribution is 0.0951.